The van der Waals surface area contributed by atoms with Gasteiger partial charge in [-0.25, -0.2) is 0 Å². The molecule has 1 amide bonds. The van der Waals surface area contributed by atoms with Crippen molar-refractivity contribution in [2.45, 2.75) is 20.1 Å². The first-order chi connectivity index (χ1) is 14.4. The molecule has 2 aromatic carbocycles. The minimum Gasteiger partial charge on any atom is -0.493 e. The van der Waals surface area contributed by atoms with Crippen LogP contribution >= 0.6 is 11.6 Å². The van der Waals surface area contributed by atoms with Crippen molar-refractivity contribution in [1.29, 1.82) is 0 Å². The largest absolute Gasteiger partial charge is 0.493 e. The van der Waals surface area contributed by atoms with Crippen molar-refractivity contribution in [2.24, 2.45) is 0 Å². The fourth-order valence-corrected chi connectivity index (χ4v) is 2.75. The Morgan fingerprint density at radius 3 is 2.43 bits per heavy atom. The van der Waals surface area contributed by atoms with Crippen LogP contribution < -0.4 is 14.8 Å². The molecule has 9 nitrogen and oxygen atoms in total. The van der Waals surface area contributed by atoms with Gasteiger partial charge in [-0.15, -0.1) is 0 Å². The van der Waals surface area contributed by atoms with Crippen molar-refractivity contribution in [1.82, 2.24) is 0 Å². The molecule has 0 fully saturated rings. The molecule has 0 saturated carbocycles. The monoisotopic (exact) mass is 438 g/mol. The smallest absolute Gasteiger partial charge is 0.283 e. The number of halogens is 1. The van der Waals surface area contributed by atoms with E-state index in [0.717, 1.165) is 6.07 Å². The number of hydrogen-bond donors (Lipinski definition) is 1. The number of nitrogens with zero attached hydrogens (tertiary/aromatic N) is 1. The van der Waals surface area contributed by atoms with Gasteiger partial charge in [-0.2, -0.15) is 0 Å². The molecule has 0 radical (unpaired) electrons. The lowest BCUT2D eigenvalue weighted by atomic mass is 10.1. The Morgan fingerprint density at radius 1 is 1.13 bits per heavy atom. The van der Waals surface area contributed by atoms with Crippen LogP contribution in [0.2, 0.25) is 5.02 Å². The van der Waals surface area contributed by atoms with E-state index in [4.69, 9.17) is 30.5 Å². The number of rotatable bonds is 11. The minimum atomic E-state index is -0.661. The highest BCUT2D eigenvalue weighted by molar-refractivity contribution is 6.31. The van der Waals surface area contributed by atoms with Crippen molar-refractivity contribution in [3.63, 3.8) is 0 Å². The van der Waals surface area contributed by atoms with Crippen molar-refractivity contribution in [2.75, 3.05) is 32.2 Å². The first-order valence-electron chi connectivity index (χ1n) is 9.18. The van der Waals surface area contributed by atoms with Gasteiger partial charge in [0.15, 0.2) is 17.8 Å². The molecule has 0 aliphatic rings. The normalized spacial score (nSPS) is 10.7. The molecule has 0 atom stereocenters. The first kappa shape index (κ1) is 23.4. The SMILES string of the molecule is CCOC(COc1ccc(NC(=O)c2ccc(Cl)cc2[N+](=O)[O-])cc1OC)OCC. The molecule has 0 spiro atoms. The molecule has 0 heterocycles. The second kappa shape index (κ2) is 11.3. The van der Waals surface area contributed by atoms with Gasteiger partial charge < -0.3 is 24.3 Å². The highest BCUT2D eigenvalue weighted by Gasteiger charge is 2.21. The summed E-state index contributed by atoms with van der Waals surface area (Å²) in [4.78, 5) is 23.1. The highest BCUT2D eigenvalue weighted by atomic mass is 35.5. The summed E-state index contributed by atoms with van der Waals surface area (Å²) in [7, 11) is 1.46. The fraction of sp³-hybridized carbons (Fsp3) is 0.350. The summed E-state index contributed by atoms with van der Waals surface area (Å²) in [5, 5.41) is 14.0. The van der Waals surface area contributed by atoms with E-state index in [1.54, 1.807) is 18.2 Å². The van der Waals surface area contributed by atoms with E-state index in [1.807, 2.05) is 13.8 Å². The maximum Gasteiger partial charge on any atom is 0.283 e. The number of carbonyl (C=O) groups excluding carboxylic acids is 1. The highest BCUT2D eigenvalue weighted by Crippen LogP contribution is 2.31. The van der Waals surface area contributed by atoms with Crippen LogP contribution in [-0.2, 0) is 9.47 Å². The Kier molecular flexibility index (Phi) is 8.85. The number of nitro groups is 1. The average molecular weight is 439 g/mol. The summed E-state index contributed by atoms with van der Waals surface area (Å²) in [6.45, 7) is 4.82. The summed E-state index contributed by atoms with van der Waals surface area (Å²) in [5.74, 6) is 0.143. The third-order valence-corrected chi connectivity index (χ3v) is 4.14. The molecule has 162 valence electrons. The van der Waals surface area contributed by atoms with Gasteiger partial charge in [0.25, 0.3) is 11.6 Å². The van der Waals surface area contributed by atoms with E-state index in [0.29, 0.717) is 30.4 Å². The van der Waals surface area contributed by atoms with Crippen LogP contribution in [0.3, 0.4) is 0 Å². The number of nitro benzene ring substituents is 1. The number of amides is 1. The number of anilines is 1. The third kappa shape index (κ3) is 6.31. The van der Waals surface area contributed by atoms with Crippen LogP contribution in [0, 0.1) is 10.1 Å². The topological polar surface area (TPSA) is 109 Å². The van der Waals surface area contributed by atoms with E-state index in [-0.39, 0.29) is 22.9 Å². The van der Waals surface area contributed by atoms with Gasteiger partial charge in [0.05, 0.1) is 12.0 Å². The van der Waals surface area contributed by atoms with Crippen LogP contribution in [0.15, 0.2) is 36.4 Å². The molecule has 0 aliphatic carbocycles. The van der Waals surface area contributed by atoms with Crippen LogP contribution in [0.5, 0.6) is 11.5 Å². The molecule has 0 bridgehead atoms. The molecule has 2 aromatic rings. The average Bonchev–Trinajstić information content (AvgIpc) is 2.72. The second-order valence-corrected chi connectivity index (χ2v) is 6.33. The molecule has 0 unspecified atom stereocenters. The van der Waals surface area contributed by atoms with Gasteiger partial charge in [0.2, 0.25) is 0 Å². The van der Waals surface area contributed by atoms with Crippen molar-refractivity contribution in [3.05, 3.63) is 57.1 Å². The molecule has 2 rings (SSSR count). The Labute approximate surface area is 179 Å². The third-order valence-electron chi connectivity index (χ3n) is 3.90. The molecule has 30 heavy (non-hydrogen) atoms. The number of nitrogens with one attached hydrogen (secondary N) is 1. The molecule has 10 heteroatoms. The van der Waals surface area contributed by atoms with Crippen LogP contribution in [0.25, 0.3) is 0 Å². The van der Waals surface area contributed by atoms with Crippen LogP contribution in [0.1, 0.15) is 24.2 Å². The number of hydrogen-bond acceptors (Lipinski definition) is 7. The van der Waals surface area contributed by atoms with E-state index in [9.17, 15) is 14.9 Å². The zero-order valence-electron chi connectivity index (χ0n) is 16.8. The lowest BCUT2D eigenvalue weighted by Crippen LogP contribution is -2.25. The first-order valence-corrected chi connectivity index (χ1v) is 9.56. The maximum absolute atomic E-state index is 12.5. The summed E-state index contributed by atoms with van der Waals surface area (Å²) >= 11 is 5.79. The van der Waals surface area contributed by atoms with E-state index in [2.05, 4.69) is 5.32 Å². The lowest BCUT2D eigenvalue weighted by molar-refractivity contribution is -0.385. The molecule has 1 N–H and O–H groups in total. The zero-order chi connectivity index (χ0) is 22.1. The Morgan fingerprint density at radius 2 is 1.83 bits per heavy atom. The zero-order valence-corrected chi connectivity index (χ0v) is 17.6. The molecule has 0 aliphatic heterocycles. The Hall–Kier alpha value is -2.88. The number of methoxy groups -OCH3 is 1. The molecular formula is C20H23ClN2O7. The molecule has 0 saturated heterocycles. The van der Waals surface area contributed by atoms with Crippen LogP contribution in [-0.4, -0.2) is 44.1 Å². The predicted molar refractivity (Wildman–Crippen MR) is 112 cm³/mol. The fourth-order valence-electron chi connectivity index (χ4n) is 2.58. The number of ether oxygens (including phenoxy) is 4. The van der Waals surface area contributed by atoms with Gasteiger partial charge in [-0.3, -0.25) is 14.9 Å². The van der Waals surface area contributed by atoms with E-state index in [1.165, 1.54) is 19.2 Å². The summed E-state index contributed by atoms with van der Waals surface area (Å²) in [6, 6.07) is 8.58. The van der Waals surface area contributed by atoms with Gasteiger partial charge in [0.1, 0.15) is 12.2 Å². The lowest BCUT2D eigenvalue weighted by Gasteiger charge is -2.19. The Balaban J connectivity index is 2.15. The van der Waals surface area contributed by atoms with E-state index < -0.39 is 17.1 Å². The number of benzene rings is 2. The number of carbonyl (C=O) groups is 1. The summed E-state index contributed by atoms with van der Waals surface area (Å²) in [6.07, 6.45) is -0.519. The summed E-state index contributed by atoms with van der Waals surface area (Å²) < 4.78 is 21.9. The standard InChI is InChI=1S/C20H23ClN2O7/c1-4-28-19(29-5-2)12-30-17-9-7-14(11-18(17)27-3)22-20(24)15-8-6-13(21)10-16(15)23(25)26/h6-11,19H,4-5,12H2,1-3H3,(H,22,24). The van der Waals surface area contributed by atoms with Gasteiger partial charge in [0, 0.05) is 36.1 Å². The molecular weight excluding hydrogens is 416 g/mol. The summed E-state index contributed by atoms with van der Waals surface area (Å²) in [5.41, 5.74) is -0.121. The molecule has 0 aromatic heterocycles. The van der Waals surface area contributed by atoms with Gasteiger partial charge in [-0.05, 0) is 38.1 Å². The van der Waals surface area contributed by atoms with Gasteiger partial charge >= 0.3 is 0 Å². The van der Waals surface area contributed by atoms with Crippen LogP contribution in [0.4, 0.5) is 11.4 Å². The quantitative estimate of drug-likeness (QED) is 0.316. The minimum absolute atomic E-state index is 0.111. The van der Waals surface area contributed by atoms with Crippen molar-refractivity contribution >= 4 is 28.9 Å². The van der Waals surface area contributed by atoms with E-state index >= 15 is 0 Å². The predicted octanol–water partition coefficient (Wildman–Crippen LogP) is 4.29. The second-order valence-electron chi connectivity index (χ2n) is 5.89. The van der Waals surface area contributed by atoms with Gasteiger partial charge in [-0.1, -0.05) is 11.6 Å². The Bertz CT molecular complexity index is 885. The maximum atomic E-state index is 12.5. The van der Waals surface area contributed by atoms with Crippen molar-refractivity contribution < 1.29 is 28.7 Å². The van der Waals surface area contributed by atoms with Crippen molar-refractivity contribution in [3.8, 4) is 11.5 Å².